The molecule has 0 bridgehead atoms. The molecule has 0 saturated carbocycles. The summed E-state index contributed by atoms with van der Waals surface area (Å²) in [5.74, 6) is 0.0394. The molecule has 0 aliphatic heterocycles. The molecule has 0 N–H and O–H groups in total. The van der Waals surface area contributed by atoms with Gasteiger partial charge >= 0.3 is 5.97 Å². The van der Waals surface area contributed by atoms with E-state index in [4.69, 9.17) is 4.74 Å². The van der Waals surface area contributed by atoms with Crippen molar-refractivity contribution in [3.63, 3.8) is 0 Å². The van der Waals surface area contributed by atoms with Crippen LogP contribution in [0.3, 0.4) is 0 Å². The zero-order valence-corrected chi connectivity index (χ0v) is 15.4. The lowest BCUT2D eigenvalue weighted by Gasteiger charge is -2.10. The Balaban J connectivity index is 1.83. The van der Waals surface area contributed by atoms with Crippen LogP contribution in [0.15, 0.2) is 59.9 Å². The summed E-state index contributed by atoms with van der Waals surface area (Å²) >= 11 is 0. The van der Waals surface area contributed by atoms with Crippen molar-refractivity contribution in [2.75, 3.05) is 7.11 Å². The monoisotopic (exact) mass is 375 g/mol. The molecule has 0 unspecified atom stereocenters. The molecule has 0 aliphatic carbocycles. The van der Waals surface area contributed by atoms with Crippen molar-refractivity contribution in [1.82, 2.24) is 24.3 Å². The fourth-order valence-electron chi connectivity index (χ4n) is 2.99. The van der Waals surface area contributed by atoms with E-state index in [9.17, 15) is 9.59 Å². The van der Waals surface area contributed by atoms with Gasteiger partial charge in [0.1, 0.15) is 11.2 Å². The number of hydrogen-bond donors (Lipinski definition) is 0. The van der Waals surface area contributed by atoms with Crippen LogP contribution in [-0.4, -0.2) is 37.4 Å². The Hall–Kier alpha value is -3.81. The van der Waals surface area contributed by atoms with E-state index in [1.165, 1.54) is 13.3 Å². The predicted molar refractivity (Wildman–Crippen MR) is 103 cm³/mol. The van der Waals surface area contributed by atoms with E-state index in [1.807, 2.05) is 31.3 Å². The molecule has 0 aliphatic rings. The van der Waals surface area contributed by atoms with Gasteiger partial charge in [-0.1, -0.05) is 6.07 Å². The number of pyridine rings is 3. The van der Waals surface area contributed by atoms with E-state index >= 15 is 0 Å². The Labute approximate surface area is 160 Å². The van der Waals surface area contributed by atoms with Crippen LogP contribution in [-0.2, 0) is 11.3 Å². The minimum absolute atomic E-state index is 0.00521. The van der Waals surface area contributed by atoms with Crippen LogP contribution in [0.5, 0.6) is 0 Å². The molecule has 0 radical (unpaired) electrons. The van der Waals surface area contributed by atoms with E-state index < -0.39 is 11.4 Å². The highest BCUT2D eigenvalue weighted by Crippen LogP contribution is 2.21. The minimum atomic E-state index is -0.658. The molecular weight excluding hydrogens is 358 g/mol. The Kier molecular flexibility index (Phi) is 4.44. The average Bonchev–Trinajstić information content (AvgIpc) is 3.24. The van der Waals surface area contributed by atoms with Crippen molar-refractivity contribution in [2.24, 2.45) is 0 Å². The minimum Gasteiger partial charge on any atom is -0.465 e. The third-order valence-electron chi connectivity index (χ3n) is 4.43. The summed E-state index contributed by atoms with van der Waals surface area (Å²) in [5, 5.41) is 4.70. The van der Waals surface area contributed by atoms with Gasteiger partial charge in [0.15, 0.2) is 5.82 Å². The summed E-state index contributed by atoms with van der Waals surface area (Å²) in [5.41, 5.74) is 1.56. The number of ether oxygens (including phenoxy) is 1. The van der Waals surface area contributed by atoms with Gasteiger partial charge in [-0.3, -0.25) is 4.79 Å². The van der Waals surface area contributed by atoms with Crippen molar-refractivity contribution in [3.05, 3.63) is 70.9 Å². The maximum Gasteiger partial charge on any atom is 0.343 e. The van der Waals surface area contributed by atoms with Crippen molar-refractivity contribution >= 4 is 17.0 Å². The van der Waals surface area contributed by atoms with Crippen LogP contribution >= 0.6 is 0 Å². The SMILES string of the molecule is CCn1cc(C(=O)OC)c(=O)c2ccc(-c3cnn(-c4ccccn4)c3)nc21. The summed E-state index contributed by atoms with van der Waals surface area (Å²) in [7, 11) is 1.25. The van der Waals surface area contributed by atoms with Gasteiger partial charge in [-0.05, 0) is 31.2 Å². The lowest BCUT2D eigenvalue weighted by Crippen LogP contribution is -2.20. The number of carbonyl (C=O) groups excluding carboxylic acids is 1. The molecule has 140 valence electrons. The molecule has 8 heteroatoms. The molecule has 4 rings (SSSR count). The quantitative estimate of drug-likeness (QED) is 0.509. The Bertz CT molecular complexity index is 1230. The predicted octanol–water partition coefficient (Wildman–Crippen LogP) is 2.45. The fourth-order valence-corrected chi connectivity index (χ4v) is 2.99. The third kappa shape index (κ3) is 2.94. The highest BCUT2D eigenvalue weighted by Gasteiger charge is 2.17. The van der Waals surface area contributed by atoms with Crippen LogP contribution < -0.4 is 5.43 Å². The standard InChI is InChI=1S/C20H17N5O3/c1-3-24-12-15(20(27)28-2)18(26)14-7-8-16(23-19(14)24)13-10-22-25(11-13)17-6-4-5-9-21-17/h4-12H,3H2,1-2H3. The number of nitrogens with zero attached hydrogens (tertiary/aromatic N) is 5. The highest BCUT2D eigenvalue weighted by atomic mass is 16.5. The molecule has 0 spiro atoms. The van der Waals surface area contributed by atoms with Crippen molar-refractivity contribution in [3.8, 4) is 17.1 Å². The highest BCUT2D eigenvalue weighted by molar-refractivity contribution is 5.93. The molecule has 0 atom stereocenters. The van der Waals surface area contributed by atoms with Gasteiger partial charge in [-0.25, -0.2) is 19.4 Å². The van der Waals surface area contributed by atoms with Gasteiger partial charge in [0, 0.05) is 30.7 Å². The average molecular weight is 375 g/mol. The molecule has 8 nitrogen and oxygen atoms in total. The summed E-state index contributed by atoms with van der Waals surface area (Å²) in [6.07, 6.45) is 6.71. The number of aromatic nitrogens is 5. The summed E-state index contributed by atoms with van der Waals surface area (Å²) in [6.45, 7) is 2.46. The van der Waals surface area contributed by atoms with Gasteiger partial charge in [0.2, 0.25) is 5.43 Å². The van der Waals surface area contributed by atoms with Crippen LogP contribution in [0.4, 0.5) is 0 Å². The lowest BCUT2D eigenvalue weighted by molar-refractivity contribution is 0.0598. The zero-order valence-electron chi connectivity index (χ0n) is 15.4. The number of esters is 1. The molecule has 0 amide bonds. The van der Waals surface area contributed by atoms with Crippen LogP contribution in [0, 0.1) is 0 Å². The van der Waals surface area contributed by atoms with E-state index in [2.05, 4.69) is 15.1 Å². The summed E-state index contributed by atoms with van der Waals surface area (Å²) in [4.78, 5) is 33.5. The molecule has 4 aromatic rings. The zero-order chi connectivity index (χ0) is 19.7. The first-order valence-corrected chi connectivity index (χ1v) is 8.71. The number of hydrogen-bond acceptors (Lipinski definition) is 6. The molecule has 4 aromatic heterocycles. The molecule has 4 heterocycles. The largest absolute Gasteiger partial charge is 0.465 e. The van der Waals surface area contributed by atoms with Crippen LogP contribution in [0.2, 0.25) is 0 Å². The normalized spacial score (nSPS) is 10.9. The Morgan fingerprint density at radius 3 is 2.75 bits per heavy atom. The van der Waals surface area contributed by atoms with Gasteiger partial charge in [0.05, 0.1) is 24.4 Å². The first-order valence-electron chi connectivity index (χ1n) is 8.71. The molecule has 28 heavy (non-hydrogen) atoms. The summed E-state index contributed by atoms with van der Waals surface area (Å²) < 4.78 is 8.13. The fraction of sp³-hybridized carbons (Fsp3) is 0.150. The Morgan fingerprint density at radius 1 is 1.18 bits per heavy atom. The number of rotatable bonds is 4. The van der Waals surface area contributed by atoms with E-state index in [-0.39, 0.29) is 5.56 Å². The number of carbonyl (C=O) groups is 1. The second-order valence-electron chi connectivity index (χ2n) is 6.08. The maximum absolute atomic E-state index is 12.7. The van der Waals surface area contributed by atoms with Gasteiger partial charge in [-0.15, -0.1) is 0 Å². The number of methoxy groups -OCH3 is 1. The van der Waals surface area contributed by atoms with Crippen molar-refractivity contribution in [1.29, 1.82) is 0 Å². The van der Waals surface area contributed by atoms with Gasteiger partial charge < -0.3 is 9.30 Å². The number of aryl methyl sites for hydroxylation is 1. The number of fused-ring (bicyclic) bond motifs is 1. The topological polar surface area (TPSA) is 91.9 Å². The maximum atomic E-state index is 12.7. The molecular formula is C20H17N5O3. The molecule has 0 fully saturated rings. The second kappa shape index (κ2) is 7.07. The first-order chi connectivity index (χ1) is 13.6. The van der Waals surface area contributed by atoms with E-state index in [1.54, 1.807) is 33.8 Å². The lowest BCUT2D eigenvalue weighted by atomic mass is 10.1. The van der Waals surface area contributed by atoms with Crippen LogP contribution in [0.25, 0.3) is 28.1 Å². The Morgan fingerprint density at radius 2 is 2.04 bits per heavy atom. The van der Waals surface area contributed by atoms with E-state index in [0.29, 0.717) is 29.1 Å². The van der Waals surface area contributed by atoms with Crippen molar-refractivity contribution < 1.29 is 9.53 Å². The molecule has 0 saturated heterocycles. The third-order valence-corrected chi connectivity index (χ3v) is 4.43. The summed E-state index contributed by atoms with van der Waals surface area (Å²) in [6, 6.07) is 9.00. The van der Waals surface area contributed by atoms with Gasteiger partial charge in [-0.2, -0.15) is 5.10 Å². The van der Waals surface area contributed by atoms with Crippen molar-refractivity contribution in [2.45, 2.75) is 13.5 Å². The van der Waals surface area contributed by atoms with E-state index in [0.717, 1.165) is 5.56 Å². The smallest absolute Gasteiger partial charge is 0.343 e. The molecule has 0 aromatic carbocycles. The van der Waals surface area contributed by atoms with Crippen LogP contribution in [0.1, 0.15) is 17.3 Å². The second-order valence-corrected chi connectivity index (χ2v) is 6.08. The first kappa shape index (κ1) is 17.6. The van der Waals surface area contributed by atoms with Gasteiger partial charge in [0.25, 0.3) is 0 Å².